The zero-order valence-electron chi connectivity index (χ0n) is 9.42. The fraction of sp³-hybridized carbons (Fsp3) is 0.143. The fourth-order valence-corrected chi connectivity index (χ4v) is 2.64. The molecule has 0 amide bonds. The highest BCUT2D eigenvalue weighted by Crippen LogP contribution is 2.22. The molecule has 1 unspecified atom stereocenters. The van der Waals surface area contributed by atoms with Crippen LogP contribution in [0.1, 0.15) is 11.0 Å². The van der Waals surface area contributed by atoms with E-state index in [1.165, 1.54) is 11.8 Å². The average molecular weight is 260 g/mol. The van der Waals surface area contributed by atoms with Gasteiger partial charge in [0.15, 0.2) is 6.10 Å². The van der Waals surface area contributed by atoms with Crippen molar-refractivity contribution in [3.63, 3.8) is 0 Å². The maximum atomic E-state index is 5.36. The van der Waals surface area contributed by atoms with E-state index in [1.54, 1.807) is 18.4 Å². The molecule has 0 N–H and O–H groups in total. The summed E-state index contributed by atoms with van der Waals surface area (Å²) in [5.74, 6) is 3.12. The smallest absolute Gasteiger partial charge is 0.153 e. The molecule has 0 aliphatic carbocycles. The van der Waals surface area contributed by atoms with Crippen LogP contribution in [-0.4, -0.2) is 7.11 Å². The molecule has 2 aromatic rings. The summed E-state index contributed by atoms with van der Waals surface area (Å²) in [6, 6.07) is 14.2. The van der Waals surface area contributed by atoms with E-state index < -0.39 is 0 Å². The molecule has 0 aliphatic rings. The van der Waals surface area contributed by atoms with Gasteiger partial charge in [0, 0.05) is 16.9 Å². The number of benzene rings is 1. The second kappa shape index (κ2) is 6.51. The Kier molecular flexibility index (Phi) is 4.69. The van der Waals surface area contributed by atoms with Crippen LogP contribution in [0.25, 0.3) is 0 Å². The SMILES string of the molecule is COC(C#CSc1ccccc1)c1cccs1. The van der Waals surface area contributed by atoms with Gasteiger partial charge in [-0.2, -0.15) is 0 Å². The molecule has 1 aromatic heterocycles. The van der Waals surface area contributed by atoms with E-state index in [1.807, 2.05) is 47.8 Å². The molecule has 0 saturated heterocycles. The first-order valence-electron chi connectivity index (χ1n) is 5.19. The van der Waals surface area contributed by atoms with E-state index in [0.29, 0.717) is 0 Å². The first-order chi connectivity index (χ1) is 8.40. The molecule has 1 nitrogen and oxygen atoms in total. The molecule has 0 radical (unpaired) electrons. The second-order valence-corrected chi connectivity index (χ2v) is 5.15. The first-order valence-corrected chi connectivity index (χ1v) is 6.88. The molecule has 1 heterocycles. The van der Waals surface area contributed by atoms with Crippen LogP contribution in [0, 0.1) is 11.2 Å². The van der Waals surface area contributed by atoms with Crippen molar-refractivity contribution in [1.82, 2.24) is 0 Å². The lowest BCUT2D eigenvalue weighted by Crippen LogP contribution is -1.94. The van der Waals surface area contributed by atoms with Gasteiger partial charge in [0.05, 0.1) is 0 Å². The van der Waals surface area contributed by atoms with Gasteiger partial charge in [-0.05, 0) is 40.6 Å². The number of rotatable bonds is 3. The van der Waals surface area contributed by atoms with Gasteiger partial charge in [0.1, 0.15) is 0 Å². The average Bonchev–Trinajstić information content (AvgIpc) is 2.90. The minimum absolute atomic E-state index is 0.119. The highest BCUT2D eigenvalue weighted by molar-refractivity contribution is 8.03. The number of methoxy groups -OCH3 is 1. The largest absolute Gasteiger partial charge is 0.363 e. The summed E-state index contributed by atoms with van der Waals surface area (Å²) in [5.41, 5.74) is 0. The third kappa shape index (κ3) is 3.64. The Bertz CT molecular complexity index is 494. The van der Waals surface area contributed by atoms with Crippen LogP contribution in [0.5, 0.6) is 0 Å². The first kappa shape index (κ1) is 12.3. The Labute approximate surface area is 110 Å². The quantitative estimate of drug-likeness (QED) is 0.604. The molecule has 17 heavy (non-hydrogen) atoms. The number of thioether (sulfide) groups is 1. The lowest BCUT2D eigenvalue weighted by molar-refractivity contribution is 0.153. The van der Waals surface area contributed by atoms with Gasteiger partial charge in [-0.15, -0.1) is 11.3 Å². The van der Waals surface area contributed by atoms with Crippen LogP contribution in [0.15, 0.2) is 52.7 Å². The Morgan fingerprint density at radius 3 is 2.65 bits per heavy atom. The zero-order valence-corrected chi connectivity index (χ0v) is 11.1. The summed E-state index contributed by atoms with van der Waals surface area (Å²) in [5, 5.41) is 5.12. The van der Waals surface area contributed by atoms with Gasteiger partial charge >= 0.3 is 0 Å². The Balaban J connectivity index is 2.01. The van der Waals surface area contributed by atoms with E-state index in [-0.39, 0.29) is 6.10 Å². The molecule has 0 bridgehead atoms. The standard InChI is InChI=1S/C14H12OS2/c1-15-13(14-8-5-10-17-14)9-11-16-12-6-3-2-4-7-12/h2-8,10,13H,1H3. The summed E-state index contributed by atoms with van der Waals surface area (Å²) >= 11 is 3.19. The summed E-state index contributed by atoms with van der Waals surface area (Å²) < 4.78 is 5.36. The second-order valence-electron chi connectivity index (χ2n) is 3.29. The van der Waals surface area contributed by atoms with Crippen LogP contribution in [-0.2, 0) is 4.74 Å². The Morgan fingerprint density at radius 2 is 2.00 bits per heavy atom. The monoisotopic (exact) mass is 260 g/mol. The molecule has 3 heteroatoms. The minimum Gasteiger partial charge on any atom is -0.363 e. The van der Waals surface area contributed by atoms with Crippen LogP contribution in [0.2, 0.25) is 0 Å². The molecule has 0 saturated carbocycles. The highest BCUT2D eigenvalue weighted by atomic mass is 32.2. The zero-order chi connectivity index (χ0) is 11.9. The van der Waals surface area contributed by atoms with Gasteiger partial charge in [0.2, 0.25) is 0 Å². The van der Waals surface area contributed by atoms with Gasteiger partial charge in [-0.25, -0.2) is 0 Å². The van der Waals surface area contributed by atoms with Crippen molar-refractivity contribution in [3.05, 3.63) is 52.7 Å². The van der Waals surface area contributed by atoms with Gasteiger partial charge < -0.3 is 4.74 Å². The molecule has 86 valence electrons. The number of ether oxygens (including phenoxy) is 1. The molecule has 1 atom stereocenters. The van der Waals surface area contributed by atoms with Crippen LogP contribution in [0.4, 0.5) is 0 Å². The lowest BCUT2D eigenvalue weighted by atomic mass is 10.3. The molecule has 1 aromatic carbocycles. The predicted octanol–water partition coefficient (Wildman–Crippen LogP) is 4.19. The van der Waals surface area contributed by atoms with Crippen molar-refractivity contribution in [2.75, 3.05) is 7.11 Å². The highest BCUT2D eigenvalue weighted by Gasteiger charge is 2.06. The molecular weight excluding hydrogens is 248 g/mol. The van der Waals surface area contributed by atoms with Crippen molar-refractivity contribution in [2.24, 2.45) is 0 Å². The van der Waals surface area contributed by atoms with Crippen LogP contribution in [0.3, 0.4) is 0 Å². The summed E-state index contributed by atoms with van der Waals surface area (Å²) in [7, 11) is 1.69. The van der Waals surface area contributed by atoms with E-state index in [0.717, 1.165) is 9.77 Å². The van der Waals surface area contributed by atoms with E-state index in [4.69, 9.17) is 4.74 Å². The summed E-state index contributed by atoms with van der Waals surface area (Å²) in [4.78, 5) is 2.30. The van der Waals surface area contributed by atoms with Crippen molar-refractivity contribution in [1.29, 1.82) is 0 Å². The maximum absolute atomic E-state index is 5.36. The van der Waals surface area contributed by atoms with E-state index in [2.05, 4.69) is 11.2 Å². The normalized spacial score (nSPS) is 11.6. The number of hydrogen-bond donors (Lipinski definition) is 0. The third-order valence-electron chi connectivity index (χ3n) is 2.14. The van der Waals surface area contributed by atoms with E-state index in [9.17, 15) is 0 Å². The molecule has 0 aliphatic heterocycles. The molecule has 0 fully saturated rings. The minimum atomic E-state index is -0.119. The lowest BCUT2D eigenvalue weighted by Gasteiger charge is -2.04. The topological polar surface area (TPSA) is 9.23 Å². The van der Waals surface area contributed by atoms with Crippen LogP contribution < -0.4 is 0 Å². The maximum Gasteiger partial charge on any atom is 0.153 e. The third-order valence-corrected chi connectivity index (χ3v) is 3.78. The van der Waals surface area contributed by atoms with Crippen molar-refractivity contribution in [3.8, 4) is 11.2 Å². The Hall–Kier alpha value is -1.21. The summed E-state index contributed by atoms with van der Waals surface area (Å²) in [6.07, 6.45) is -0.119. The predicted molar refractivity (Wildman–Crippen MR) is 74.1 cm³/mol. The van der Waals surface area contributed by atoms with Gasteiger partial charge in [0.25, 0.3) is 0 Å². The number of hydrogen-bond acceptors (Lipinski definition) is 3. The molecule has 2 rings (SSSR count). The van der Waals surface area contributed by atoms with E-state index >= 15 is 0 Å². The molecular formula is C14H12OS2. The van der Waals surface area contributed by atoms with Crippen molar-refractivity contribution < 1.29 is 4.74 Å². The van der Waals surface area contributed by atoms with Crippen molar-refractivity contribution in [2.45, 2.75) is 11.0 Å². The van der Waals surface area contributed by atoms with Gasteiger partial charge in [-0.1, -0.05) is 30.2 Å². The van der Waals surface area contributed by atoms with Gasteiger partial charge in [-0.3, -0.25) is 0 Å². The Morgan fingerprint density at radius 1 is 1.18 bits per heavy atom. The van der Waals surface area contributed by atoms with Crippen molar-refractivity contribution >= 4 is 23.1 Å². The molecule has 0 spiro atoms. The van der Waals surface area contributed by atoms with Crippen LogP contribution >= 0.6 is 23.1 Å². The number of thiophene rings is 1. The summed E-state index contributed by atoms with van der Waals surface area (Å²) in [6.45, 7) is 0. The fourth-order valence-electron chi connectivity index (χ4n) is 1.32.